The van der Waals surface area contributed by atoms with Crippen LogP contribution in [0.1, 0.15) is 57.4 Å². The summed E-state index contributed by atoms with van der Waals surface area (Å²) in [6.07, 6.45) is 8.85. The first kappa shape index (κ1) is 23.9. The van der Waals surface area contributed by atoms with Crippen molar-refractivity contribution in [1.29, 1.82) is 0 Å². The summed E-state index contributed by atoms with van der Waals surface area (Å²) in [5.41, 5.74) is 1.35. The van der Waals surface area contributed by atoms with Crippen molar-refractivity contribution in [2.24, 2.45) is 0 Å². The van der Waals surface area contributed by atoms with E-state index in [2.05, 4.69) is 41.4 Å². The molecule has 2 rings (SSSR count). The van der Waals surface area contributed by atoms with Gasteiger partial charge in [0.15, 0.2) is 0 Å². The molecule has 6 nitrogen and oxygen atoms in total. The monoisotopic (exact) mass is 390 g/mol. The van der Waals surface area contributed by atoms with Gasteiger partial charge in [-0.3, -0.25) is 0 Å². The van der Waals surface area contributed by atoms with Crippen LogP contribution in [-0.4, -0.2) is 49.4 Å². The summed E-state index contributed by atoms with van der Waals surface area (Å²) in [5, 5.41) is 2.92. The lowest BCUT2D eigenvalue weighted by Crippen LogP contribution is -2.35. The highest BCUT2D eigenvalue weighted by Gasteiger charge is 2.15. The van der Waals surface area contributed by atoms with Crippen LogP contribution in [0.5, 0.6) is 0 Å². The molecular formula is C22H34N2O4. The van der Waals surface area contributed by atoms with E-state index in [0.717, 1.165) is 58.2 Å². The third-order valence-corrected chi connectivity index (χ3v) is 4.88. The van der Waals surface area contributed by atoms with Crippen molar-refractivity contribution in [2.75, 3.05) is 26.2 Å². The molecule has 1 aromatic carbocycles. The molecule has 1 aliphatic heterocycles. The zero-order valence-corrected chi connectivity index (χ0v) is 17.0. The summed E-state index contributed by atoms with van der Waals surface area (Å²) in [6, 6.07) is 10.5. The van der Waals surface area contributed by atoms with Gasteiger partial charge < -0.3 is 15.0 Å². The fraction of sp³-hybridized carbons (Fsp3) is 0.636. The van der Waals surface area contributed by atoms with Gasteiger partial charge in [0, 0.05) is 13.1 Å². The molecule has 1 N–H and O–H groups in total. The maximum atomic E-state index is 12.1. The van der Waals surface area contributed by atoms with Crippen LogP contribution in [0, 0.1) is 0 Å². The molecule has 1 atom stereocenters. The third kappa shape index (κ3) is 11.5. The minimum Gasteiger partial charge on any atom is -0.446 e. The van der Waals surface area contributed by atoms with Crippen molar-refractivity contribution in [3.8, 4) is 0 Å². The first-order valence-electron chi connectivity index (χ1n) is 10.4. The summed E-state index contributed by atoms with van der Waals surface area (Å²) in [7, 11) is 0. The zero-order chi connectivity index (χ0) is 20.5. The third-order valence-electron chi connectivity index (χ3n) is 4.88. The second kappa shape index (κ2) is 15.8. The van der Waals surface area contributed by atoms with E-state index in [-0.39, 0.29) is 18.3 Å². The number of alkyl carbamates (subject to hydrolysis) is 1. The fourth-order valence-corrected chi connectivity index (χ4v) is 3.39. The Morgan fingerprint density at radius 2 is 1.79 bits per heavy atom. The van der Waals surface area contributed by atoms with Gasteiger partial charge in [-0.15, -0.1) is 0 Å². The van der Waals surface area contributed by atoms with Gasteiger partial charge in [-0.05, 0) is 57.2 Å². The van der Waals surface area contributed by atoms with Crippen molar-refractivity contribution in [1.82, 2.24) is 10.2 Å². The van der Waals surface area contributed by atoms with Crippen LogP contribution in [-0.2, 0) is 20.7 Å². The van der Waals surface area contributed by atoms with Crippen LogP contribution in [0.25, 0.3) is 0 Å². The largest absolute Gasteiger partial charge is 0.446 e. The Hall–Kier alpha value is -2.17. The first-order chi connectivity index (χ1) is 13.7. The topological polar surface area (TPSA) is 75.7 Å². The lowest BCUT2D eigenvalue weighted by Gasteiger charge is -2.19. The number of unbranched alkanes of at least 4 members (excludes halogenated alkanes) is 1. The molecule has 1 saturated heterocycles. The van der Waals surface area contributed by atoms with Crippen LogP contribution in [0.4, 0.5) is 4.79 Å². The molecule has 0 aliphatic carbocycles. The van der Waals surface area contributed by atoms with Crippen LogP contribution < -0.4 is 5.32 Å². The molecule has 0 spiro atoms. The van der Waals surface area contributed by atoms with Gasteiger partial charge in [-0.2, -0.15) is 9.59 Å². The predicted octanol–water partition coefficient (Wildman–Crippen LogP) is 3.81. The highest BCUT2D eigenvalue weighted by molar-refractivity contribution is 5.67. The van der Waals surface area contributed by atoms with Gasteiger partial charge in [0.05, 0.1) is 0 Å². The Morgan fingerprint density at radius 3 is 2.43 bits per heavy atom. The van der Waals surface area contributed by atoms with E-state index in [1.165, 1.54) is 18.4 Å². The van der Waals surface area contributed by atoms with E-state index in [1.54, 1.807) is 0 Å². The summed E-state index contributed by atoms with van der Waals surface area (Å²) in [4.78, 5) is 30.7. The highest BCUT2D eigenvalue weighted by Crippen LogP contribution is 2.14. The standard InChI is InChI=1S/C21H34N2O2.CO2/c1-2-3-13-20(14-9-12-19-10-5-4-6-11-19)25-21(24)22-15-18-23-16-7-8-17-23;2-1-3/h4-6,10-11,20H,2-3,7-9,12-18H2,1H3,(H,22,24);. The lowest BCUT2D eigenvalue weighted by atomic mass is 10.0. The maximum absolute atomic E-state index is 12.1. The molecular weight excluding hydrogens is 356 g/mol. The molecule has 6 heteroatoms. The van der Waals surface area contributed by atoms with Gasteiger partial charge in [0.2, 0.25) is 0 Å². The quantitative estimate of drug-likeness (QED) is 0.622. The van der Waals surface area contributed by atoms with Crippen molar-refractivity contribution in [3.63, 3.8) is 0 Å². The molecule has 1 heterocycles. The van der Waals surface area contributed by atoms with E-state index in [0.29, 0.717) is 6.54 Å². The lowest BCUT2D eigenvalue weighted by molar-refractivity contribution is -0.191. The zero-order valence-electron chi connectivity index (χ0n) is 17.0. The van der Waals surface area contributed by atoms with Gasteiger partial charge >= 0.3 is 12.2 Å². The number of carbonyl (C=O) groups is 1. The van der Waals surface area contributed by atoms with Crippen LogP contribution in [0.15, 0.2) is 30.3 Å². The average Bonchev–Trinajstić information content (AvgIpc) is 3.21. The molecule has 0 aromatic heterocycles. The molecule has 1 aromatic rings. The molecule has 0 radical (unpaired) electrons. The normalized spacial score (nSPS) is 14.5. The molecule has 1 amide bonds. The van der Waals surface area contributed by atoms with Crippen molar-refractivity contribution in [2.45, 2.75) is 64.4 Å². The van der Waals surface area contributed by atoms with E-state index in [1.807, 2.05) is 6.07 Å². The Labute approximate surface area is 168 Å². The summed E-state index contributed by atoms with van der Waals surface area (Å²) >= 11 is 0. The SMILES string of the molecule is CCCCC(CCCc1ccccc1)OC(=O)NCCN1CCCC1.O=C=O. The van der Waals surface area contributed by atoms with Gasteiger partial charge in [-0.1, -0.05) is 50.1 Å². The predicted molar refractivity (Wildman–Crippen MR) is 108 cm³/mol. The number of nitrogens with zero attached hydrogens (tertiary/aromatic N) is 1. The number of ether oxygens (including phenoxy) is 1. The Bertz CT molecular complexity index is 553. The Morgan fingerprint density at radius 1 is 1.14 bits per heavy atom. The van der Waals surface area contributed by atoms with Crippen molar-refractivity contribution < 1.29 is 19.1 Å². The number of carbonyl (C=O) groups excluding carboxylic acids is 3. The van der Waals surface area contributed by atoms with Gasteiger partial charge in [0.25, 0.3) is 0 Å². The number of aryl methyl sites for hydroxylation is 1. The summed E-state index contributed by atoms with van der Waals surface area (Å²) < 4.78 is 5.69. The fourth-order valence-electron chi connectivity index (χ4n) is 3.39. The van der Waals surface area contributed by atoms with Gasteiger partial charge in [0.1, 0.15) is 6.10 Å². The van der Waals surface area contributed by atoms with Crippen LogP contribution in [0.2, 0.25) is 0 Å². The second-order valence-electron chi connectivity index (χ2n) is 7.11. The van der Waals surface area contributed by atoms with Crippen molar-refractivity contribution in [3.05, 3.63) is 35.9 Å². The molecule has 156 valence electrons. The van der Waals surface area contributed by atoms with E-state index in [4.69, 9.17) is 14.3 Å². The number of nitrogens with one attached hydrogen (secondary N) is 1. The molecule has 0 saturated carbocycles. The Kier molecular flexibility index (Phi) is 13.5. The molecule has 1 fully saturated rings. The molecule has 1 aliphatic rings. The van der Waals surface area contributed by atoms with E-state index in [9.17, 15) is 4.79 Å². The number of hydrogen-bond acceptors (Lipinski definition) is 5. The van der Waals surface area contributed by atoms with Crippen molar-refractivity contribution >= 4 is 12.2 Å². The van der Waals surface area contributed by atoms with Gasteiger partial charge in [-0.25, -0.2) is 4.79 Å². The minimum atomic E-state index is -0.250. The van der Waals surface area contributed by atoms with E-state index < -0.39 is 0 Å². The summed E-state index contributed by atoms with van der Waals surface area (Å²) in [5.74, 6) is 0. The second-order valence-corrected chi connectivity index (χ2v) is 7.11. The van der Waals surface area contributed by atoms with Crippen LogP contribution >= 0.6 is 0 Å². The summed E-state index contributed by atoms with van der Waals surface area (Å²) in [6.45, 7) is 6.12. The smallest absolute Gasteiger partial charge is 0.407 e. The number of hydrogen-bond donors (Lipinski definition) is 1. The van der Waals surface area contributed by atoms with Crippen LogP contribution in [0.3, 0.4) is 0 Å². The first-order valence-corrected chi connectivity index (χ1v) is 10.4. The number of likely N-dealkylation sites (tertiary alicyclic amines) is 1. The number of benzene rings is 1. The Balaban J connectivity index is 0.00000122. The minimum absolute atomic E-state index is 0.0375. The number of rotatable bonds is 11. The average molecular weight is 391 g/mol. The molecule has 0 bridgehead atoms. The molecule has 1 unspecified atom stereocenters. The number of amides is 1. The molecule has 28 heavy (non-hydrogen) atoms. The van der Waals surface area contributed by atoms with E-state index >= 15 is 0 Å². The maximum Gasteiger partial charge on any atom is 0.407 e. The highest BCUT2D eigenvalue weighted by atomic mass is 16.6.